The van der Waals surface area contributed by atoms with Crippen LogP contribution in [0.25, 0.3) is 0 Å². The molecule has 1 aliphatic carbocycles. The molecule has 1 aliphatic rings. The smallest absolute Gasteiger partial charge is 0.191 e. The van der Waals surface area contributed by atoms with Crippen molar-refractivity contribution in [3.8, 4) is 0 Å². The number of hydrogen-bond donors (Lipinski definition) is 2. The second-order valence-corrected chi connectivity index (χ2v) is 6.04. The van der Waals surface area contributed by atoms with Crippen molar-refractivity contribution in [3.63, 3.8) is 0 Å². The van der Waals surface area contributed by atoms with Gasteiger partial charge in [0.25, 0.3) is 0 Å². The number of aliphatic imine (C=N–C) groups is 1. The summed E-state index contributed by atoms with van der Waals surface area (Å²) in [6, 6.07) is 6.96. The van der Waals surface area contributed by atoms with E-state index in [1.54, 1.807) is 19.2 Å². The van der Waals surface area contributed by atoms with Gasteiger partial charge in [-0.3, -0.25) is 4.99 Å². The second kappa shape index (κ2) is 7.58. The van der Waals surface area contributed by atoms with Gasteiger partial charge in [0.1, 0.15) is 5.82 Å². The fourth-order valence-electron chi connectivity index (χ4n) is 2.53. The number of guanidine groups is 1. The second-order valence-electron chi connectivity index (χ2n) is 6.04. The van der Waals surface area contributed by atoms with Gasteiger partial charge in [-0.1, -0.05) is 19.1 Å². The molecular formula is C17H27FN4. The molecular weight excluding hydrogens is 279 g/mol. The Kier molecular flexibility index (Phi) is 5.77. The van der Waals surface area contributed by atoms with E-state index in [2.05, 4.69) is 34.5 Å². The Morgan fingerprint density at radius 3 is 2.73 bits per heavy atom. The molecule has 1 aromatic rings. The highest BCUT2D eigenvalue weighted by atomic mass is 19.1. The molecule has 0 aliphatic heterocycles. The summed E-state index contributed by atoms with van der Waals surface area (Å²) in [6.07, 6.45) is 2.19. The molecule has 5 heteroatoms. The van der Waals surface area contributed by atoms with Gasteiger partial charge < -0.3 is 15.5 Å². The molecule has 0 radical (unpaired) electrons. The number of rotatable bonds is 7. The lowest BCUT2D eigenvalue weighted by Gasteiger charge is -2.20. The molecule has 0 saturated heterocycles. The van der Waals surface area contributed by atoms with E-state index in [0.29, 0.717) is 0 Å². The van der Waals surface area contributed by atoms with Gasteiger partial charge in [0.15, 0.2) is 5.96 Å². The molecule has 1 saturated carbocycles. The molecule has 0 unspecified atom stereocenters. The van der Waals surface area contributed by atoms with Crippen molar-refractivity contribution in [2.45, 2.75) is 25.2 Å². The summed E-state index contributed by atoms with van der Waals surface area (Å²) in [5.74, 6) is 0.654. The molecule has 0 spiro atoms. The molecule has 2 N–H and O–H groups in total. The largest absolute Gasteiger partial charge is 0.356 e. The summed E-state index contributed by atoms with van der Waals surface area (Å²) in [5, 5.41) is 6.70. The van der Waals surface area contributed by atoms with Crippen LogP contribution in [0.5, 0.6) is 0 Å². The van der Waals surface area contributed by atoms with Crippen molar-refractivity contribution in [3.05, 3.63) is 35.6 Å². The van der Waals surface area contributed by atoms with Crippen LogP contribution in [0.1, 0.15) is 25.3 Å². The maximum Gasteiger partial charge on any atom is 0.191 e. The first-order valence-electron chi connectivity index (χ1n) is 7.99. The topological polar surface area (TPSA) is 39.7 Å². The number of benzene rings is 1. The summed E-state index contributed by atoms with van der Waals surface area (Å²) in [5.41, 5.74) is 1.15. The third-order valence-corrected chi connectivity index (χ3v) is 4.43. The Bertz CT molecular complexity index is 511. The van der Waals surface area contributed by atoms with Gasteiger partial charge in [-0.2, -0.15) is 0 Å². The number of nitrogens with zero attached hydrogens (tertiary/aromatic N) is 2. The molecule has 1 fully saturated rings. The minimum absolute atomic E-state index is 0.0694. The Morgan fingerprint density at radius 1 is 1.36 bits per heavy atom. The fraction of sp³-hybridized carbons (Fsp3) is 0.588. The minimum atomic E-state index is -0.158. The molecule has 0 aromatic heterocycles. The molecule has 4 nitrogen and oxygen atoms in total. The predicted octanol–water partition coefficient (Wildman–Crippen LogP) is 1.97. The summed E-state index contributed by atoms with van der Waals surface area (Å²) in [6.45, 7) is 5.81. The minimum Gasteiger partial charge on any atom is -0.356 e. The van der Waals surface area contributed by atoms with E-state index < -0.39 is 0 Å². The Labute approximate surface area is 132 Å². The van der Waals surface area contributed by atoms with Crippen molar-refractivity contribution < 1.29 is 4.39 Å². The highest BCUT2D eigenvalue weighted by molar-refractivity contribution is 5.79. The maximum atomic E-state index is 13.4. The van der Waals surface area contributed by atoms with Gasteiger partial charge >= 0.3 is 0 Å². The van der Waals surface area contributed by atoms with Crippen LogP contribution in [-0.4, -0.2) is 51.1 Å². The van der Waals surface area contributed by atoms with Crippen LogP contribution in [0.3, 0.4) is 0 Å². The van der Waals surface area contributed by atoms with Crippen LogP contribution in [0, 0.1) is 5.82 Å². The van der Waals surface area contributed by atoms with Crippen molar-refractivity contribution in [2.24, 2.45) is 4.99 Å². The van der Waals surface area contributed by atoms with Gasteiger partial charge in [0, 0.05) is 32.1 Å². The first kappa shape index (κ1) is 16.7. The quantitative estimate of drug-likeness (QED) is 0.598. The van der Waals surface area contributed by atoms with E-state index in [9.17, 15) is 4.39 Å². The molecule has 22 heavy (non-hydrogen) atoms. The predicted molar refractivity (Wildman–Crippen MR) is 89.8 cm³/mol. The SMILES string of the molecule is CCN(C)CCNC(=NC)NCC1(c2cccc(F)c2)CC1. The number of hydrogen-bond acceptors (Lipinski definition) is 2. The highest BCUT2D eigenvalue weighted by Gasteiger charge is 2.44. The van der Waals surface area contributed by atoms with Gasteiger partial charge in [-0.05, 0) is 44.1 Å². The van der Waals surface area contributed by atoms with E-state index in [-0.39, 0.29) is 11.2 Å². The number of nitrogens with one attached hydrogen (secondary N) is 2. The average molecular weight is 306 g/mol. The van der Waals surface area contributed by atoms with Crippen LogP contribution < -0.4 is 10.6 Å². The fourth-order valence-corrected chi connectivity index (χ4v) is 2.53. The van der Waals surface area contributed by atoms with Crippen molar-refractivity contribution in [1.82, 2.24) is 15.5 Å². The number of halogens is 1. The normalized spacial score (nSPS) is 16.7. The Balaban J connectivity index is 1.83. The molecule has 2 rings (SSSR count). The highest BCUT2D eigenvalue weighted by Crippen LogP contribution is 2.47. The lowest BCUT2D eigenvalue weighted by Crippen LogP contribution is -2.43. The summed E-state index contributed by atoms with van der Waals surface area (Å²) < 4.78 is 13.4. The van der Waals surface area contributed by atoms with E-state index in [1.807, 2.05) is 6.07 Å². The van der Waals surface area contributed by atoms with Crippen LogP contribution in [0.4, 0.5) is 4.39 Å². The van der Waals surface area contributed by atoms with Gasteiger partial charge in [-0.25, -0.2) is 4.39 Å². The van der Waals surface area contributed by atoms with Gasteiger partial charge in [-0.15, -0.1) is 0 Å². The van der Waals surface area contributed by atoms with E-state index in [4.69, 9.17) is 0 Å². The Hall–Kier alpha value is -1.62. The summed E-state index contributed by atoms with van der Waals surface area (Å²) in [4.78, 5) is 6.50. The average Bonchev–Trinajstić information content (AvgIpc) is 3.31. The molecule has 0 amide bonds. The van der Waals surface area contributed by atoms with Crippen molar-refractivity contribution in [1.29, 1.82) is 0 Å². The molecule has 0 heterocycles. The first-order valence-corrected chi connectivity index (χ1v) is 7.99. The van der Waals surface area contributed by atoms with Crippen LogP contribution in [-0.2, 0) is 5.41 Å². The zero-order valence-electron chi connectivity index (χ0n) is 13.8. The number of likely N-dealkylation sites (N-methyl/N-ethyl adjacent to an activating group) is 1. The zero-order chi connectivity index (χ0) is 16.0. The monoisotopic (exact) mass is 306 g/mol. The first-order chi connectivity index (χ1) is 10.6. The van der Waals surface area contributed by atoms with Gasteiger partial charge in [0.2, 0.25) is 0 Å². The molecule has 1 aromatic carbocycles. The van der Waals surface area contributed by atoms with Gasteiger partial charge in [0.05, 0.1) is 0 Å². The van der Waals surface area contributed by atoms with E-state index >= 15 is 0 Å². The maximum absolute atomic E-state index is 13.4. The third kappa shape index (κ3) is 4.44. The standard InChI is InChI=1S/C17H27FN4/c1-4-22(3)11-10-20-16(19-2)21-13-17(8-9-17)14-6-5-7-15(18)12-14/h5-7,12H,4,8-11,13H2,1-3H3,(H2,19,20,21). The van der Waals surface area contributed by atoms with Crippen LogP contribution in [0.15, 0.2) is 29.3 Å². The zero-order valence-corrected chi connectivity index (χ0v) is 13.8. The van der Waals surface area contributed by atoms with E-state index in [1.165, 1.54) is 6.07 Å². The summed E-state index contributed by atoms with van der Waals surface area (Å²) in [7, 11) is 3.88. The van der Waals surface area contributed by atoms with Crippen LogP contribution in [0.2, 0.25) is 0 Å². The van der Waals surface area contributed by atoms with Crippen molar-refractivity contribution in [2.75, 3.05) is 40.3 Å². The van der Waals surface area contributed by atoms with Crippen LogP contribution >= 0.6 is 0 Å². The lowest BCUT2D eigenvalue weighted by molar-refractivity contribution is 0.357. The van der Waals surface area contributed by atoms with E-state index in [0.717, 1.165) is 50.5 Å². The lowest BCUT2D eigenvalue weighted by atomic mass is 9.96. The molecule has 0 bridgehead atoms. The molecule has 0 atom stereocenters. The molecule has 122 valence electrons. The summed E-state index contributed by atoms with van der Waals surface area (Å²) >= 11 is 0. The Morgan fingerprint density at radius 2 is 2.14 bits per heavy atom. The third-order valence-electron chi connectivity index (χ3n) is 4.43. The van der Waals surface area contributed by atoms with Crippen molar-refractivity contribution >= 4 is 5.96 Å².